The maximum Gasteiger partial charge on any atom is 0.250 e. The first-order chi connectivity index (χ1) is 12.2. The highest BCUT2D eigenvalue weighted by atomic mass is 16.2. The second-order valence-electron chi connectivity index (χ2n) is 4.99. The van der Waals surface area contributed by atoms with E-state index in [9.17, 15) is 14.9 Å². The minimum atomic E-state index is -1.54. The summed E-state index contributed by atoms with van der Waals surface area (Å²) in [5.74, 6) is -2.77. The zero-order chi connectivity index (χ0) is 17.6. The standard InChI is InChI=1S/C17H12N6O2/c18-10-13(17(25)21-15-8-4-5-9-19-15)16(24)14-11-20-23(22-14)12-6-2-1-3-7-12/h1-9,11,13H,(H,19,21,25). The molecule has 8 nitrogen and oxygen atoms in total. The Morgan fingerprint density at radius 3 is 2.56 bits per heavy atom. The van der Waals surface area contributed by atoms with Gasteiger partial charge in [0.15, 0.2) is 11.6 Å². The Hall–Kier alpha value is -3.86. The van der Waals surface area contributed by atoms with E-state index in [4.69, 9.17) is 0 Å². The molecular formula is C17H12N6O2. The highest BCUT2D eigenvalue weighted by Gasteiger charge is 2.30. The third kappa shape index (κ3) is 3.56. The number of nitrogens with one attached hydrogen (secondary N) is 1. The topological polar surface area (TPSA) is 114 Å². The van der Waals surface area contributed by atoms with Crippen molar-refractivity contribution >= 4 is 17.5 Å². The molecule has 0 aliphatic heterocycles. The van der Waals surface area contributed by atoms with Gasteiger partial charge in [-0.15, -0.1) is 5.10 Å². The first-order valence-corrected chi connectivity index (χ1v) is 7.32. The first kappa shape index (κ1) is 16.0. The zero-order valence-corrected chi connectivity index (χ0v) is 12.9. The Balaban J connectivity index is 1.78. The fourth-order valence-electron chi connectivity index (χ4n) is 2.08. The lowest BCUT2D eigenvalue weighted by Gasteiger charge is -2.07. The molecule has 0 saturated carbocycles. The number of nitrogens with zero attached hydrogens (tertiary/aromatic N) is 5. The van der Waals surface area contributed by atoms with Gasteiger partial charge in [-0.2, -0.15) is 15.2 Å². The Kier molecular flexibility index (Phi) is 4.58. The van der Waals surface area contributed by atoms with Crippen LogP contribution in [0.4, 0.5) is 5.82 Å². The van der Waals surface area contributed by atoms with Gasteiger partial charge < -0.3 is 5.32 Å². The molecule has 1 amide bonds. The molecule has 2 heterocycles. The average Bonchev–Trinajstić information content (AvgIpc) is 3.14. The average molecular weight is 332 g/mol. The number of amides is 1. The number of benzene rings is 1. The Bertz CT molecular complexity index is 931. The minimum Gasteiger partial charge on any atom is -0.309 e. The summed E-state index contributed by atoms with van der Waals surface area (Å²) in [5, 5.41) is 19.7. The van der Waals surface area contributed by atoms with Gasteiger partial charge >= 0.3 is 0 Å². The molecule has 0 spiro atoms. The van der Waals surface area contributed by atoms with Crippen molar-refractivity contribution in [2.75, 3.05) is 5.32 Å². The lowest BCUT2D eigenvalue weighted by molar-refractivity contribution is -0.117. The molecule has 0 radical (unpaired) electrons. The third-order valence-corrected chi connectivity index (χ3v) is 3.30. The highest BCUT2D eigenvalue weighted by molar-refractivity contribution is 6.14. The predicted octanol–water partition coefficient (Wildman–Crippen LogP) is 1.62. The summed E-state index contributed by atoms with van der Waals surface area (Å²) in [6, 6.07) is 15.6. The number of nitriles is 1. The quantitative estimate of drug-likeness (QED) is 0.561. The Labute approximate surface area is 142 Å². The van der Waals surface area contributed by atoms with Gasteiger partial charge in [0.25, 0.3) is 5.91 Å². The smallest absolute Gasteiger partial charge is 0.250 e. The number of ketones is 1. The molecule has 1 unspecified atom stereocenters. The van der Waals surface area contributed by atoms with Crippen molar-refractivity contribution in [1.82, 2.24) is 20.0 Å². The summed E-state index contributed by atoms with van der Waals surface area (Å²) in [5.41, 5.74) is 0.597. The van der Waals surface area contributed by atoms with Gasteiger partial charge in [-0.05, 0) is 24.3 Å². The van der Waals surface area contributed by atoms with Gasteiger partial charge in [-0.3, -0.25) is 9.59 Å². The Morgan fingerprint density at radius 1 is 1.12 bits per heavy atom. The van der Waals surface area contributed by atoms with Crippen LogP contribution in [0.15, 0.2) is 60.9 Å². The number of carbonyl (C=O) groups is 2. The van der Waals surface area contributed by atoms with Gasteiger partial charge in [0.2, 0.25) is 5.78 Å². The molecule has 3 rings (SSSR count). The summed E-state index contributed by atoms with van der Waals surface area (Å²) >= 11 is 0. The van der Waals surface area contributed by atoms with Crippen molar-refractivity contribution < 1.29 is 9.59 Å². The molecule has 0 bridgehead atoms. The van der Waals surface area contributed by atoms with Crippen LogP contribution < -0.4 is 5.32 Å². The van der Waals surface area contributed by atoms with Crippen LogP contribution in [-0.2, 0) is 4.79 Å². The molecule has 1 aromatic carbocycles. The van der Waals surface area contributed by atoms with Crippen LogP contribution in [-0.4, -0.2) is 31.7 Å². The van der Waals surface area contributed by atoms with E-state index in [1.165, 1.54) is 17.2 Å². The van der Waals surface area contributed by atoms with Crippen LogP contribution in [0.5, 0.6) is 0 Å². The molecular weight excluding hydrogens is 320 g/mol. The van der Waals surface area contributed by atoms with Gasteiger partial charge in [0.05, 0.1) is 18.0 Å². The van der Waals surface area contributed by atoms with Crippen molar-refractivity contribution in [2.45, 2.75) is 0 Å². The van der Waals surface area contributed by atoms with Crippen LogP contribution in [0.1, 0.15) is 10.5 Å². The van der Waals surface area contributed by atoms with Crippen LogP contribution >= 0.6 is 0 Å². The van der Waals surface area contributed by atoms with E-state index in [1.54, 1.807) is 48.5 Å². The van der Waals surface area contributed by atoms with E-state index in [-0.39, 0.29) is 11.5 Å². The van der Waals surface area contributed by atoms with Gasteiger partial charge in [0, 0.05) is 6.20 Å². The number of rotatable bonds is 5. The van der Waals surface area contributed by atoms with Crippen LogP contribution in [0.2, 0.25) is 0 Å². The molecule has 0 fully saturated rings. The molecule has 1 atom stereocenters. The molecule has 122 valence electrons. The number of hydrogen-bond acceptors (Lipinski definition) is 6. The number of pyridine rings is 1. The molecule has 1 N–H and O–H groups in total. The molecule has 0 aliphatic rings. The lowest BCUT2D eigenvalue weighted by atomic mass is 10.0. The van der Waals surface area contributed by atoms with Gasteiger partial charge in [0.1, 0.15) is 5.82 Å². The van der Waals surface area contributed by atoms with Crippen LogP contribution in [0.3, 0.4) is 0 Å². The number of carbonyl (C=O) groups excluding carboxylic acids is 2. The van der Waals surface area contributed by atoms with Crippen molar-refractivity contribution in [2.24, 2.45) is 5.92 Å². The van der Waals surface area contributed by atoms with E-state index >= 15 is 0 Å². The predicted molar refractivity (Wildman–Crippen MR) is 87.7 cm³/mol. The first-order valence-electron chi connectivity index (χ1n) is 7.32. The van der Waals surface area contributed by atoms with Crippen LogP contribution in [0.25, 0.3) is 5.69 Å². The normalized spacial score (nSPS) is 11.3. The van der Waals surface area contributed by atoms with Crippen molar-refractivity contribution in [3.8, 4) is 11.8 Å². The third-order valence-electron chi connectivity index (χ3n) is 3.30. The summed E-state index contributed by atoms with van der Waals surface area (Å²) in [6.45, 7) is 0. The van der Waals surface area contributed by atoms with Gasteiger partial charge in [-0.1, -0.05) is 24.3 Å². The van der Waals surface area contributed by atoms with E-state index < -0.39 is 17.6 Å². The maximum absolute atomic E-state index is 12.4. The summed E-state index contributed by atoms with van der Waals surface area (Å²) in [7, 11) is 0. The molecule has 25 heavy (non-hydrogen) atoms. The monoisotopic (exact) mass is 332 g/mol. The molecule has 3 aromatic rings. The Morgan fingerprint density at radius 2 is 1.88 bits per heavy atom. The maximum atomic E-state index is 12.4. The minimum absolute atomic E-state index is 0.0634. The van der Waals surface area contributed by atoms with Crippen molar-refractivity contribution in [3.05, 3.63) is 66.6 Å². The van der Waals surface area contributed by atoms with Crippen molar-refractivity contribution in [1.29, 1.82) is 5.26 Å². The number of hydrogen-bond donors (Lipinski definition) is 1. The summed E-state index contributed by atoms with van der Waals surface area (Å²) in [6.07, 6.45) is 2.72. The summed E-state index contributed by atoms with van der Waals surface area (Å²) in [4.78, 5) is 29.8. The molecule has 8 heteroatoms. The van der Waals surface area contributed by atoms with E-state index in [1.807, 2.05) is 6.07 Å². The van der Waals surface area contributed by atoms with E-state index in [0.717, 1.165) is 0 Å². The lowest BCUT2D eigenvalue weighted by Crippen LogP contribution is -2.29. The number of para-hydroxylation sites is 1. The highest BCUT2D eigenvalue weighted by Crippen LogP contribution is 2.11. The number of Topliss-reactive ketones (excluding diaryl/α,β-unsaturated/α-hetero) is 1. The molecule has 0 saturated heterocycles. The SMILES string of the molecule is N#CC(C(=O)Nc1ccccn1)C(=O)c1cnn(-c2ccccc2)n1. The zero-order valence-electron chi connectivity index (χ0n) is 12.9. The second-order valence-corrected chi connectivity index (χ2v) is 4.99. The second kappa shape index (κ2) is 7.14. The number of anilines is 1. The fourth-order valence-corrected chi connectivity index (χ4v) is 2.08. The van der Waals surface area contributed by atoms with Gasteiger partial charge in [-0.25, -0.2) is 4.98 Å². The largest absolute Gasteiger partial charge is 0.309 e. The number of aromatic nitrogens is 4. The van der Waals surface area contributed by atoms with E-state index in [2.05, 4.69) is 20.5 Å². The fraction of sp³-hybridized carbons (Fsp3) is 0.0588. The molecule has 2 aromatic heterocycles. The molecule has 0 aliphatic carbocycles. The van der Waals surface area contributed by atoms with Crippen molar-refractivity contribution in [3.63, 3.8) is 0 Å². The van der Waals surface area contributed by atoms with Crippen LogP contribution in [0, 0.1) is 17.2 Å². The summed E-state index contributed by atoms with van der Waals surface area (Å²) < 4.78 is 0. The van der Waals surface area contributed by atoms with E-state index in [0.29, 0.717) is 5.69 Å².